The first-order chi connectivity index (χ1) is 13.7. The Labute approximate surface area is 169 Å². The molecule has 6 nitrogen and oxygen atoms in total. The predicted molar refractivity (Wildman–Crippen MR) is 106 cm³/mol. The molecule has 0 aliphatic carbocycles. The Bertz CT molecular complexity index is 1020. The Morgan fingerprint density at radius 1 is 1.03 bits per heavy atom. The average Bonchev–Trinajstić information content (AvgIpc) is 2.64. The molecule has 156 valence electrons. The van der Waals surface area contributed by atoms with Gasteiger partial charge in [0.15, 0.2) is 0 Å². The van der Waals surface area contributed by atoms with Gasteiger partial charge in [-0.25, -0.2) is 17.2 Å². The lowest BCUT2D eigenvalue weighted by molar-refractivity contribution is -0.117. The van der Waals surface area contributed by atoms with Gasteiger partial charge in [0.1, 0.15) is 11.6 Å². The van der Waals surface area contributed by atoms with Gasteiger partial charge in [0.25, 0.3) is 0 Å². The standard InChI is InChI=1S/C20H23F2N3O3S/c1-14-3-6-19(15(2)11-14)29(27,28)25-9-7-24(8-10-25)13-20(26)23-18-5-4-16(21)12-17(18)22/h3-6,11-12H,7-10,13H2,1-2H3,(H,23,26). The molecule has 0 bridgehead atoms. The van der Waals surface area contributed by atoms with Crippen molar-refractivity contribution in [2.75, 3.05) is 38.0 Å². The molecule has 29 heavy (non-hydrogen) atoms. The SMILES string of the molecule is Cc1ccc(S(=O)(=O)N2CCN(CC(=O)Nc3ccc(F)cc3F)CC2)c(C)c1. The van der Waals surface area contributed by atoms with Crippen LogP contribution in [0.2, 0.25) is 0 Å². The third kappa shape index (κ3) is 4.98. The van der Waals surface area contributed by atoms with Gasteiger partial charge in [-0.1, -0.05) is 17.7 Å². The van der Waals surface area contributed by atoms with E-state index in [1.165, 1.54) is 4.31 Å². The fourth-order valence-corrected chi connectivity index (χ4v) is 4.97. The first-order valence-electron chi connectivity index (χ1n) is 9.21. The smallest absolute Gasteiger partial charge is 0.243 e. The number of nitrogens with zero attached hydrogens (tertiary/aromatic N) is 2. The number of carbonyl (C=O) groups excluding carboxylic acids is 1. The lowest BCUT2D eigenvalue weighted by Crippen LogP contribution is -2.50. The zero-order valence-corrected chi connectivity index (χ0v) is 17.1. The number of benzene rings is 2. The molecule has 0 saturated carbocycles. The largest absolute Gasteiger partial charge is 0.322 e. The summed E-state index contributed by atoms with van der Waals surface area (Å²) >= 11 is 0. The van der Waals surface area contributed by atoms with Crippen LogP contribution in [0.3, 0.4) is 0 Å². The molecule has 0 aromatic heterocycles. The van der Waals surface area contributed by atoms with E-state index >= 15 is 0 Å². The van der Waals surface area contributed by atoms with E-state index in [-0.39, 0.29) is 25.3 Å². The van der Waals surface area contributed by atoms with Gasteiger partial charge in [-0.2, -0.15) is 4.31 Å². The number of hydrogen-bond acceptors (Lipinski definition) is 4. The fourth-order valence-electron chi connectivity index (χ4n) is 3.34. The predicted octanol–water partition coefficient (Wildman–Crippen LogP) is 2.53. The molecule has 1 fully saturated rings. The highest BCUT2D eigenvalue weighted by atomic mass is 32.2. The normalized spacial score (nSPS) is 16.0. The van der Waals surface area contributed by atoms with E-state index in [0.29, 0.717) is 29.6 Å². The van der Waals surface area contributed by atoms with Crippen molar-refractivity contribution in [2.24, 2.45) is 0 Å². The van der Waals surface area contributed by atoms with E-state index in [1.54, 1.807) is 24.0 Å². The summed E-state index contributed by atoms with van der Waals surface area (Å²) in [5.74, 6) is -2.01. The molecule has 2 aromatic carbocycles. The summed E-state index contributed by atoms with van der Waals surface area (Å²) < 4.78 is 53.8. The molecule has 0 atom stereocenters. The van der Waals surface area contributed by atoms with Gasteiger partial charge in [-0.05, 0) is 37.6 Å². The summed E-state index contributed by atoms with van der Waals surface area (Å²) in [6, 6.07) is 8.16. The van der Waals surface area contributed by atoms with Crippen LogP contribution < -0.4 is 5.32 Å². The Hall–Kier alpha value is -2.36. The molecular formula is C20H23F2N3O3S. The zero-order valence-electron chi connectivity index (χ0n) is 16.3. The Morgan fingerprint density at radius 3 is 2.34 bits per heavy atom. The van der Waals surface area contributed by atoms with Gasteiger partial charge >= 0.3 is 0 Å². The molecule has 0 unspecified atom stereocenters. The Morgan fingerprint density at radius 2 is 1.72 bits per heavy atom. The summed E-state index contributed by atoms with van der Waals surface area (Å²) in [6.07, 6.45) is 0. The molecule has 1 aliphatic heterocycles. The molecule has 2 aromatic rings. The first kappa shape index (κ1) is 21.4. The Balaban J connectivity index is 1.58. The monoisotopic (exact) mass is 423 g/mol. The second kappa shape index (κ2) is 8.56. The number of piperazine rings is 1. The van der Waals surface area contributed by atoms with Crippen LogP contribution in [0.4, 0.5) is 14.5 Å². The molecule has 1 amide bonds. The van der Waals surface area contributed by atoms with Crippen LogP contribution >= 0.6 is 0 Å². The number of sulfonamides is 1. The number of nitrogens with one attached hydrogen (secondary N) is 1. The van der Waals surface area contributed by atoms with Crippen LogP contribution in [0.25, 0.3) is 0 Å². The van der Waals surface area contributed by atoms with Crippen LogP contribution in [0.1, 0.15) is 11.1 Å². The summed E-state index contributed by atoms with van der Waals surface area (Å²) in [5.41, 5.74) is 1.61. The summed E-state index contributed by atoms with van der Waals surface area (Å²) in [5, 5.41) is 2.41. The third-order valence-electron chi connectivity index (χ3n) is 4.85. The van der Waals surface area contributed by atoms with Crippen molar-refractivity contribution >= 4 is 21.6 Å². The van der Waals surface area contributed by atoms with Crippen molar-refractivity contribution in [1.29, 1.82) is 0 Å². The van der Waals surface area contributed by atoms with E-state index in [1.807, 2.05) is 13.0 Å². The zero-order chi connectivity index (χ0) is 21.2. The number of amides is 1. The minimum atomic E-state index is -3.60. The van der Waals surface area contributed by atoms with E-state index in [9.17, 15) is 22.0 Å². The Kier molecular flexibility index (Phi) is 6.30. The summed E-state index contributed by atoms with van der Waals surface area (Å²) in [6.45, 7) is 4.95. The highest BCUT2D eigenvalue weighted by Crippen LogP contribution is 2.22. The quantitative estimate of drug-likeness (QED) is 0.803. The van der Waals surface area contributed by atoms with Crippen LogP contribution in [-0.2, 0) is 14.8 Å². The number of anilines is 1. The van der Waals surface area contributed by atoms with Gasteiger partial charge in [0.05, 0.1) is 17.1 Å². The van der Waals surface area contributed by atoms with Crippen LogP contribution in [-0.4, -0.2) is 56.3 Å². The van der Waals surface area contributed by atoms with Crippen molar-refractivity contribution < 1.29 is 22.0 Å². The maximum atomic E-state index is 13.6. The number of halogens is 2. The molecule has 1 heterocycles. The van der Waals surface area contributed by atoms with Crippen molar-refractivity contribution in [3.05, 3.63) is 59.2 Å². The lowest BCUT2D eigenvalue weighted by Gasteiger charge is -2.33. The minimum Gasteiger partial charge on any atom is -0.322 e. The highest BCUT2D eigenvalue weighted by molar-refractivity contribution is 7.89. The fraction of sp³-hybridized carbons (Fsp3) is 0.350. The van der Waals surface area contributed by atoms with Gasteiger partial charge in [0.2, 0.25) is 15.9 Å². The molecule has 0 radical (unpaired) electrons. The average molecular weight is 423 g/mol. The second-order valence-corrected chi connectivity index (χ2v) is 9.03. The van der Waals surface area contributed by atoms with E-state index in [2.05, 4.69) is 5.32 Å². The number of rotatable bonds is 5. The maximum Gasteiger partial charge on any atom is 0.243 e. The highest BCUT2D eigenvalue weighted by Gasteiger charge is 2.30. The van der Waals surface area contributed by atoms with Crippen LogP contribution in [0, 0.1) is 25.5 Å². The van der Waals surface area contributed by atoms with Crippen molar-refractivity contribution in [3.8, 4) is 0 Å². The van der Waals surface area contributed by atoms with E-state index < -0.39 is 27.6 Å². The third-order valence-corrected chi connectivity index (χ3v) is 6.91. The molecule has 0 spiro atoms. The minimum absolute atomic E-state index is 0.00569. The van der Waals surface area contributed by atoms with Gasteiger partial charge in [0, 0.05) is 32.2 Å². The van der Waals surface area contributed by atoms with Crippen molar-refractivity contribution in [1.82, 2.24) is 9.21 Å². The van der Waals surface area contributed by atoms with Gasteiger partial charge in [-0.3, -0.25) is 9.69 Å². The molecule has 1 saturated heterocycles. The second-order valence-electron chi connectivity index (χ2n) is 7.12. The van der Waals surface area contributed by atoms with Crippen molar-refractivity contribution in [3.63, 3.8) is 0 Å². The topological polar surface area (TPSA) is 69.7 Å². The molecule has 1 aliphatic rings. The molecule has 1 N–H and O–H groups in total. The van der Waals surface area contributed by atoms with Gasteiger partial charge in [-0.15, -0.1) is 0 Å². The number of hydrogen-bond donors (Lipinski definition) is 1. The lowest BCUT2D eigenvalue weighted by atomic mass is 10.2. The van der Waals surface area contributed by atoms with E-state index in [0.717, 1.165) is 17.7 Å². The molecule has 3 rings (SSSR count). The maximum absolute atomic E-state index is 13.6. The summed E-state index contributed by atoms with van der Waals surface area (Å²) in [7, 11) is -3.60. The first-order valence-corrected chi connectivity index (χ1v) is 10.7. The molecule has 9 heteroatoms. The van der Waals surface area contributed by atoms with Gasteiger partial charge < -0.3 is 5.32 Å². The van der Waals surface area contributed by atoms with Crippen LogP contribution in [0.15, 0.2) is 41.3 Å². The van der Waals surface area contributed by atoms with Crippen LogP contribution in [0.5, 0.6) is 0 Å². The molecular weight excluding hydrogens is 400 g/mol. The number of aryl methyl sites for hydroxylation is 2. The summed E-state index contributed by atoms with van der Waals surface area (Å²) in [4.78, 5) is 14.2. The van der Waals surface area contributed by atoms with Crippen molar-refractivity contribution in [2.45, 2.75) is 18.7 Å². The van der Waals surface area contributed by atoms with E-state index in [4.69, 9.17) is 0 Å². The number of carbonyl (C=O) groups is 1.